The molecule has 0 aliphatic heterocycles. The second-order valence-corrected chi connectivity index (χ2v) is 5.39. The minimum atomic E-state index is -0.242. The van der Waals surface area contributed by atoms with Crippen LogP contribution in [0.2, 0.25) is 0 Å². The van der Waals surface area contributed by atoms with Crippen molar-refractivity contribution in [2.45, 2.75) is 6.92 Å². The lowest BCUT2D eigenvalue weighted by atomic mass is 10.2. The van der Waals surface area contributed by atoms with Crippen molar-refractivity contribution in [2.24, 2.45) is 5.16 Å². The lowest BCUT2D eigenvalue weighted by Crippen LogP contribution is -2.16. The van der Waals surface area contributed by atoms with Crippen molar-refractivity contribution in [2.75, 3.05) is 11.9 Å². The third kappa shape index (κ3) is 5.39. The van der Waals surface area contributed by atoms with Gasteiger partial charge in [-0.3, -0.25) is 4.79 Å². The van der Waals surface area contributed by atoms with Gasteiger partial charge in [0.05, 0.1) is 6.21 Å². The normalized spacial score (nSPS) is 10.6. The molecule has 0 bridgehead atoms. The number of nitrogens with zero attached hydrogens (tertiary/aromatic N) is 1. The van der Waals surface area contributed by atoms with Crippen molar-refractivity contribution in [1.29, 1.82) is 0 Å². The molecule has 108 valence electrons. The van der Waals surface area contributed by atoms with Gasteiger partial charge in [-0.1, -0.05) is 45.4 Å². The van der Waals surface area contributed by atoms with Gasteiger partial charge in [0.25, 0.3) is 5.91 Å². The van der Waals surface area contributed by atoms with Gasteiger partial charge in [0.2, 0.25) is 0 Å². The minimum Gasteiger partial charge on any atom is -0.386 e. The largest absolute Gasteiger partial charge is 0.386 e. The molecule has 0 fully saturated rings. The summed E-state index contributed by atoms with van der Waals surface area (Å²) < 4.78 is 0.998. The van der Waals surface area contributed by atoms with Crippen LogP contribution in [0.25, 0.3) is 0 Å². The van der Waals surface area contributed by atoms with Gasteiger partial charge in [0.15, 0.2) is 6.61 Å². The molecule has 0 atom stereocenters. The van der Waals surface area contributed by atoms with Gasteiger partial charge in [-0.05, 0) is 42.3 Å². The molecule has 0 saturated heterocycles. The number of hydrogen-bond donors (Lipinski definition) is 1. The highest BCUT2D eigenvalue weighted by atomic mass is 79.9. The predicted molar refractivity (Wildman–Crippen MR) is 87.5 cm³/mol. The second kappa shape index (κ2) is 7.59. The van der Waals surface area contributed by atoms with Gasteiger partial charge < -0.3 is 10.2 Å². The van der Waals surface area contributed by atoms with Crippen LogP contribution in [-0.2, 0) is 9.63 Å². The van der Waals surface area contributed by atoms with E-state index >= 15 is 0 Å². The molecule has 0 radical (unpaired) electrons. The molecule has 0 aliphatic rings. The number of benzene rings is 2. The van der Waals surface area contributed by atoms with Crippen LogP contribution in [0.3, 0.4) is 0 Å². The summed E-state index contributed by atoms with van der Waals surface area (Å²) in [4.78, 5) is 16.6. The van der Waals surface area contributed by atoms with E-state index in [-0.39, 0.29) is 12.5 Å². The Morgan fingerprint density at radius 2 is 2.05 bits per heavy atom. The molecule has 2 rings (SSSR count). The van der Waals surface area contributed by atoms with Crippen LogP contribution in [0.15, 0.2) is 58.2 Å². The Labute approximate surface area is 131 Å². The van der Waals surface area contributed by atoms with Crippen LogP contribution >= 0.6 is 15.9 Å². The van der Waals surface area contributed by atoms with Crippen LogP contribution in [0.5, 0.6) is 0 Å². The quantitative estimate of drug-likeness (QED) is 0.662. The number of anilines is 1. The maximum absolute atomic E-state index is 11.7. The van der Waals surface area contributed by atoms with E-state index < -0.39 is 0 Å². The summed E-state index contributed by atoms with van der Waals surface area (Å²) in [5.74, 6) is -0.242. The van der Waals surface area contributed by atoms with E-state index in [9.17, 15) is 4.79 Å². The first kappa shape index (κ1) is 15.3. The minimum absolute atomic E-state index is 0.124. The van der Waals surface area contributed by atoms with E-state index in [1.165, 1.54) is 0 Å². The molecule has 0 aromatic heterocycles. The number of hydrogen-bond acceptors (Lipinski definition) is 3. The SMILES string of the molecule is Cc1cccc(NC(=O)CO/N=C\c2ccc(Br)cc2)c1. The van der Waals surface area contributed by atoms with Crippen molar-refractivity contribution in [3.8, 4) is 0 Å². The first-order chi connectivity index (χ1) is 10.1. The highest BCUT2D eigenvalue weighted by Gasteiger charge is 2.02. The van der Waals surface area contributed by atoms with Crippen molar-refractivity contribution < 1.29 is 9.63 Å². The van der Waals surface area contributed by atoms with Crippen molar-refractivity contribution in [3.63, 3.8) is 0 Å². The molecular formula is C16H15BrN2O2. The van der Waals surface area contributed by atoms with E-state index in [1.807, 2.05) is 55.5 Å². The van der Waals surface area contributed by atoms with Crippen LogP contribution < -0.4 is 5.32 Å². The fourth-order valence-electron chi connectivity index (χ4n) is 1.66. The molecule has 4 nitrogen and oxygen atoms in total. The van der Waals surface area contributed by atoms with E-state index in [4.69, 9.17) is 4.84 Å². The Hall–Kier alpha value is -2.14. The molecular weight excluding hydrogens is 332 g/mol. The fourth-order valence-corrected chi connectivity index (χ4v) is 1.93. The Bertz CT molecular complexity index is 639. The summed E-state index contributed by atoms with van der Waals surface area (Å²) in [6, 6.07) is 15.2. The Morgan fingerprint density at radius 3 is 2.76 bits per heavy atom. The second-order valence-electron chi connectivity index (χ2n) is 4.48. The van der Waals surface area contributed by atoms with Gasteiger partial charge in [0, 0.05) is 10.2 Å². The van der Waals surface area contributed by atoms with Gasteiger partial charge in [-0.2, -0.15) is 0 Å². The summed E-state index contributed by atoms with van der Waals surface area (Å²) >= 11 is 3.35. The number of carbonyl (C=O) groups is 1. The average molecular weight is 347 g/mol. The molecule has 0 saturated carbocycles. The third-order valence-electron chi connectivity index (χ3n) is 2.64. The summed E-state index contributed by atoms with van der Waals surface area (Å²) in [5, 5.41) is 6.51. The Balaban J connectivity index is 1.78. The summed E-state index contributed by atoms with van der Waals surface area (Å²) in [5.41, 5.74) is 2.74. The standard InChI is InChI=1S/C16H15BrN2O2/c1-12-3-2-4-15(9-12)19-16(20)11-21-18-10-13-5-7-14(17)8-6-13/h2-10H,11H2,1H3,(H,19,20)/b18-10-. The number of nitrogens with one attached hydrogen (secondary N) is 1. The number of carbonyl (C=O) groups excluding carboxylic acids is 1. The van der Waals surface area contributed by atoms with E-state index in [0.29, 0.717) is 0 Å². The summed E-state index contributed by atoms with van der Waals surface area (Å²) in [6.45, 7) is 1.84. The zero-order chi connectivity index (χ0) is 15.1. The smallest absolute Gasteiger partial charge is 0.265 e. The number of amides is 1. The van der Waals surface area contributed by atoms with Crippen LogP contribution in [0, 0.1) is 6.92 Å². The fraction of sp³-hybridized carbons (Fsp3) is 0.125. The number of rotatable bonds is 5. The molecule has 1 amide bonds. The molecule has 5 heteroatoms. The maximum atomic E-state index is 11.7. The van der Waals surface area contributed by atoms with Gasteiger partial charge in [-0.25, -0.2) is 0 Å². The molecule has 0 heterocycles. The van der Waals surface area contributed by atoms with Crippen LogP contribution in [0.1, 0.15) is 11.1 Å². The van der Waals surface area contributed by atoms with Crippen molar-refractivity contribution in [1.82, 2.24) is 0 Å². The molecule has 0 aliphatic carbocycles. The maximum Gasteiger partial charge on any atom is 0.265 e. The molecule has 1 N–H and O–H groups in total. The first-order valence-electron chi connectivity index (χ1n) is 6.41. The van der Waals surface area contributed by atoms with Gasteiger partial charge in [-0.15, -0.1) is 0 Å². The van der Waals surface area contributed by atoms with Crippen LogP contribution in [-0.4, -0.2) is 18.7 Å². The van der Waals surface area contributed by atoms with E-state index in [0.717, 1.165) is 21.3 Å². The Morgan fingerprint density at radius 1 is 1.29 bits per heavy atom. The molecule has 2 aromatic carbocycles. The number of halogens is 1. The molecule has 0 unspecified atom stereocenters. The molecule has 21 heavy (non-hydrogen) atoms. The highest BCUT2D eigenvalue weighted by Crippen LogP contribution is 2.10. The predicted octanol–water partition coefficient (Wildman–Crippen LogP) is 3.75. The first-order valence-corrected chi connectivity index (χ1v) is 7.20. The van der Waals surface area contributed by atoms with Crippen molar-refractivity contribution >= 4 is 33.7 Å². The average Bonchev–Trinajstić information content (AvgIpc) is 2.45. The number of oxime groups is 1. The zero-order valence-corrected chi connectivity index (χ0v) is 13.1. The summed E-state index contributed by atoms with van der Waals surface area (Å²) in [7, 11) is 0. The third-order valence-corrected chi connectivity index (χ3v) is 3.17. The van der Waals surface area contributed by atoms with E-state index in [2.05, 4.69) is 26.4 Å². The summed E-state index contributed by atoms with van der Waals surface area (Å²) in [6.07, 6.45) is 1.56. The van der Waals surface area contributed by atoms with Crippen molar-refractivity contribution in [3.05, 3.63) is 64.1 Å². The molecule has 2 aromatic rings. The Kier molecular flexibility index (Phi) is 5.51. The van der Waals surface area contributed by atoms with E-state index in [1.54, 1.807) is 6.21 Å². The zero-order valence-electron chi connectivity index (χ0n) is 11.5. The monoisotopic (exact) mass is 346 g/mol. The lowest BCUT2D eigenvalue weighted by Gasteiger charge is -2.04. The number of aryl methyl sites for hydroxylation is 1. The molecule has 0 spiro atoms. The van der Waals surface area contributed by atoms with Gasteiger partial charge in [0.1, 0.15) is 0 Å². The topological polar surface area (TPSA) is 50.7 Å². The van der Waals surface area contributed by atoms with Crippen LogP contribution in [0.4, 0.5) is 5.69 Å². The highest BCUT2D eigenvalue weighted by molar-refractivity contribution is 9.10. The lowest BCUT2D eigenvalue weighted by molar-refractivity contribution is -0.120. The van der Waals surface area contributed by atoms with Gasteiger partial charge >= 0.3 is 0 Å².